The molecule has 1 fully saturated rings. The molecule has 1 atom stereocenters. The van der Waals surface area contributed by atoms with Crippen LogP contribution in [-0.2, 0) is 0 Å². The summed E-state index contributed by atoms with van der Waals surface area (Å²) in [4.78, 5) is 2.38. The van der Waals surface area contributed by atoms with Gasteiger partial charge in [0.15, 0.2) is 0 Å². The van der Waals surface area contributed by atoms with Gasteiger partial charge in [0.2, 0.25) is 0 Å². The molecule has 0 aliphatic carbocycles. The first-order valence-corrected chi connectivity index (χ1v) is 3.60. The molecule has 2 nitrogen and oxygen atoms in total. The van der Waals surface area contributed by atoms with Crippen molar-refractivity contribution in [2.75, 3.05) is 13.2 Å². The van der Waals surface area contributed by atoms with Crippen LogP contribution in [-0.4, -0.2) is 24.2 Å². The lowest BCUT2D eigenvalue weighted by molar-refractivity contribution is 0.325. The highest BCUT2D eigenvalue weighted by molar-refractivity contribution is 4.96. The van der Waals surface area contributed by atoms with E-state index in [1.54, 1.807) is 0 Å². The van der Waals surface area contributed by atoms with Crippen LogP contribution in [0.2, 0.25) is 0 Å². The van der Waals surface area contributed by atoms with E-state index in [0.717, 1.165) is 12.7 Å². The molecule has 1 N–H and O–H groups in total. The highest BCUT2D eigenvalue weighted by atomic mass is 15.3. The summed E-state index contributed by atoms with van der Waals surface area (Å²) in [6.07, 6.45) is 7.07. The highest BCUT2D eigenvalue weighted by Gasteiger charge is 2.21. The zero-order chi connectivity index (χ0) is 6.10. The summed E-state index contributed by atoms with van der Waals surface area (Å²) < 4.78 is 0. The number of nitrogens with zero attached hydrogens (tertiary/aromatic N) is 1. The van der Waals surface area contributed by atoms with Gasteiger partial charge >= 0.3 is 0 Å². The predicted molar refractivity (Wildman–Crippen MR) is 36.9 cm³/mol. The zero-order valence-corrected chi connectivity index (χ0v) is 5.51. The second-order valence-electron chi connectivity index (χ2n) is 2.74. The maximum atomic E-state index is 3.34. The Labute approximate surface area is 55.5 Å². The molecule has 50 valence electrons. The molecular formula is C7H12N2. The molecule has 0 spiro atoms. The Balaban J connectivity index is 2.10. The Bertz CT molecular complexity index is 131. The van der Waals surface area contributed by atoms with Crippen LogP contribution in [0.15, 0.2) is 12.3 Å². The topological polar surface area (TPSA) is 15.3 Å². The first kappa shape index (κ1) is 5.30. The zero-order valence-electron chi connectivity index (χ0n) is 5.51. The van der Waals surface area contributed by atoms with Crippen LogP contribution in [0.4, 0.5) is 0 Å². The fraction of sp³-hybridized carbons (Fsp3) is 0.714. The molecule has 1 unspecified atom stereocenters. The Hall–Kier alpha value is -0.500. The average Bonchev–Trinajstić information content (AvgIpc) is 2.33. The van der Waals surface area contributed by atoms with Gasteiger partial charge in [-0.1, -0.05) is 6.08 Å². The molecule has 2 heteroatoms. The normalized spacial score (nSPS) is 32.9. The molecule has 0 saturated carbocycles. The first-order valence-electron chi connectivity index (χ1n) is 3.60. The monoisotopic (exact) mass is 124 g/mol. The van der Waals surface area contributed by atoms with Crippen LogP contribution >= 0.6 is 0 Å². The van der Waals surface area contributed by atoms with Crippen molar-refractivity contribution < 1.29 is 0 Å². The molecule has 0 radical (unpaired) electrons. The highest BCUT2D eigenvalue weighted by Crippen LogP contribution is 2.15. The van der Waals surface area contributed by atoms with Crippen LogP contribution in [0.3, 0.4) is 0 Å². The smallest absolute Gasteiger partial charge is 0.0680 e. The van der Waals surface area contributed by atoms with Crippen molar-refractivity contribution in [1.29, 1.82) is 0 Å². The van der Waals surface area contributed by atoms with Crippen LogP contribution in [0.1, 0.15) is 12.8 Å². The van der Waals surface area contributed by atoms with Crippen molar-refractivity contribution in [3.05, 3.63) is 12.3 Å². The van der Waals surface area contributed by atoms with E-state index in [-0.39, 0.29) is 0 Å². The van der Waals surface area contributed by atoms with Crippen molar-refractivity contribution in [3.8, 4) is 0 Å². The van der Waals surface area contributed by atoms with Crippen molar-refractivity contribution in [2.45, 2.75) is 18.9 Å². The third kappa shape index (κ3) is 0.833. The predicted octanol–water partition coefficient (Wildman–Crippen LogP) is 0.525. The van der Waals surface area contributed by atoms with E-state index in [9.17, 15) is 0 Å². The lowest BCUT2D eigenvalue weighted by Gasteiger charge is -2.24. The van der Waals surface area contributed by atoms with Gasteiger partial charge in [-0.15, -0.1) is 0 Å². The lowest BCUT2D eigenvalue weighted by atomic mass is 10.1. The fourth-order valence-electron chi connectivity index (χ4n) is 1.55. The molecular weight excluding hydrogens is 112 g/mol. The molecule has 0 bridgehead atoms. The van der Waals surface area contributed by atoms with E-state index in [0.29, 0.717) is 0 Å². The average molecular weight is 124 g/mol. The molecule has 9 heavy (non-hydrogen) atoms. The van der Waals surface area contributed by atoms with Gasteiger partial charge < -0.3 is 4.90 Å². The van der Waals surface area contributed by atoms with E-state index >= 15 is 0 Å². The SMILES string of the molecule is C1=CN2CNCC2CC1. The van der Waals surface area contributed by atoms with Gasteiger partial charge in [0.1, 0.15) is 0 Å². The molecule has 2 heterocycles. The lowest BCUT2D eigenvalue weighted by Crippen LogP contribution is -2.27. The number of allylic oxidation sites excluding steroid dienone is 1. The van der Waals surface area contributed by atoms with Gasteiger partial charge in [-0.05, 0) is 19.0 Å². The number of hydrogen-bond acceptors (Lipinski definition) is 2. The Morgan fingerprint density at radius 3 is 3.44 bits per heavy atom. The van der Waals surface area contributed by atoms with Gasteiger partial charge in [0.05, 0.1) is 6.67 Å². The Morgan fingerprint density at radius 2 is 2.56 bits per heavy atom. The maximum absolute atomic E-state index is 3.34. The summed E-state index contributed by atoms with van der Waals surface area (Å²) in [5.74, 6) is 0. The standard InChI is InChI=1S/C7H12N2/c1-2-4-9-6-8-5-7(9)3-1/h2,4,7-8H,1,3,5-6H2. The van der Waals surface area contributed by atoms with E-state index < -0.39 is 0 Å². The second-order valence-corrected chi connectivity index (χ2v) is 2.74. The summed E-state index contributed by atoms with van der Waals surface area (Å²) in [5.41, 5.74) is 0. The molecule has 1 saturated heterocycles. The van der Waals surface area contributed by atoms with Gasteiger partial charge in [-0.3, -0.25) is 5.32 Å². The molecule has 2 aliphatic rings. The molecule has 0 amide bonds. The third-order valence-corrected chi connectivity index (χ3v) is 2.11. The van der Waals surface area contributed by atoms with Gasteiger partial charge in [-0.25, -0.2) is 0 Å². The minimum Gasteiger partial charge on any atom is -0.361 e. The summed E-state index contributed by atoms with van der Waals surface area (Å²) in [6, 6.07) is 0.801. The minimum absolute atomic E-state index is 0.801. The van der Waals surface area contributed by atoms with E-state index in [4.69, 9.17) is 0 Å². The van der Waals surface area contributed by atoms with Crippen LogP contribution in [0.5, 0.6) is 0 Å². The second kappa shape index (κ2) is 2.03. The van der Waals surface area contributed by atoms with E-state index in [1.165, 1.54) is 19.4 Å². The van der Waals surface area contributed by atoms with Crippen molar-refractivity contribution in [2.24, 2.45) is 0 Å². The van der Waals surface area contributed by atoms with Gasteiger partial charge in [-0.2, -0.15) is 0 Å². The molecule has 0 aromatic heterocycles. The Morgan fingerprint density at radius 1 is 1.56 bits per heavy atom. The first-order chi connectivity index (χ1) is 4.47. The fourth-order valence-corrected chi connectivity index (χ4v) is 1.55. The number of rotatable bonds is 0. The minimum atomic E-state index is 0.801. The number of fused-ring (bicyclic) bond motifs is 1. The summed E-state index contributed by atoms with van der Waals surface area (Å²) in [6.45, 7) is 2.24. The van der Waals surface area contributed by atoms with Crippen LogP contribution in [0, 0.1) is 0 Å². The third-order valence-electron chi connectivity index (χ3n) is 2.11. The quantitative estimate of drug-likeness (QED) is 0.506. The number of hydrogen-bond donors (Lipinski definition) is 1. The van der Waals surface area contributed by atoms with E-state index in [1.807, 2.05) is 0 Å². The van der Waals surface area contributed by atoms with E-state index in [2.05, 4.69) is 22.5 Å². The molecule has 0 aromatic carbocycles. The van der Waals surface area contributed by atoms with Crippen LogP contribution in [0.25, 0.3) is 0 Å². The van der Waals surface area contributed by atoms with Gasteiger partial charge in [0, 0.05) is 12.6 Å². The summed E-state index contributed by atoms with van der Waals surface area (Å²) >= 11 is 0. The largest absolute Gasteiger partial charge is 0.361 e. The van der Waals surface area contributed by atoms with Crippen molar-refractivity contribution >= 4 is 0 Å². The van der Waals surface area contributed by atoms with Crippen molar-refractivity contribution in [1.82, 2.24) is 10.2 Å². The van der Waals surface area contributed by atoms with Crippen molar-refractivity contribution in [3.63, 3.8) is 0 Å². The molecule has 2 aliphatic heterocycles. The van der Waals surface area contributed by atoms with Gasteiger partial charge in [0.25, 0.3) is 0 Å². The Kier molecular flexibility index (Phi) is 1.19. The van der Waals surface area contributed by atoms with Crippen LogP contribution < -0.4 is 5.32 Å². The molecule has 0 aromatic rings. The maximum Gasteiger partial charge on any atom is 0.0680 e. The summed E-state index contributed by atoms with van der Waals surface area (Å²) in [7, 11) is 0. The summed E-state index contributed by atoms with van der Waals surface area (Å²) in [5, 5.41) is 3.34. The number of nitrogens with one attached hydrogen (secondary N) is 1. The molecule has 2 rings (SSSR count).